The molecule has 1 aliphatic rings. The van der Waals surface area contributed by atoms with Gasteiger partial charge in [0.25, 0.3) is 0 Å². The van der Waals surface area contributed by atoms with E-state index in [1.165, 1.54) is 0 Å². The van der Waals surface area contributed by atoms with Crippen molar-refractivity contribution >= 4 is 11.8 Å². The van der Waals surface area contributed by atoms with Gasteiger partial charge in [-0.05, 0) is 36.2 Å². The average Bonchev–Trinajstić information content (AvgIpc) is 2.96. The molecule has 0 aliphatic carbocycles. The van der Waals surface area contributed by atoms with Gasteiger partial charge in [0.1, 0.15) is 18.0 Å². The number of aliphatic hydroxyl groups is 1. The summed E-state index contributed by atoms with van der Waals surface area (Å²) in [6.45, 7) is 0.393. The number of para-hydroxylation sites is 1. The van der Waals surface area contributed by atoms with E-state index in [-0.39, 0.29) is 6.04 Å². The number of nitrogens with one attached hydrogen (secondary N) is 2. The van der Waals surface area contributed by atoms with E-state index in [1.807, 2.05) is 42.5 Å². The first-order valence-electron chi connectivity index (χ1n) is 8.23. The summed E-state index contributed by atoms with van der Waals surface area (Å²) in [5.41, 5.74) is 1.73. The fourth-order valence-corrected chi connectivity index (χ4v) is 2.93. The van der Waals surface area contributed by atoms with Crippen LogP contribution < -0.4 is 15.4 Å². The first-order chi connectivity index (χ1) is 12.2. The Morgan fingerprint density at radius 2 is 1.92 bits per heavy atom. The summed E-state index contributed by atoms with van der Waals surface area (Å²) in [6, 6.07) is 16.6. The third-order valence-electron chi connectivity index (χ3n) is 4.24. The Bertz CT molecular complexity index is 690. The standard InChI is InChI=1S/C19H22N2O4/c1-24-15-9-7-13(8-10-15)11-16-18(17(22)12-20-16)25-19(23)21-14-5-3-2-4-6-14/h2-10,16-18,20,22H,11-12H2,1H3,(H,21,23)/t16-,17+,18+/m1/s1. The normalized spacial score (nSPS) is 22.4. The van der Waals surface area contributed by atoms with Gasteiger partial charge in [-0.25, -0.2) is 4.79 Å². The van der Waals surface area contributed by atoms with E-state index in [2.05, 4.69) is 10.6 Å². The van der Waals surface area contributed by atoms with E-state index in [0.717, 1.165) is 11.3 Å². The van der Waals surface area contributed by atoms with Gasteiger partial charge in [-0.2, -0.15) is 0 Å². The first-order valence-corrected chi connectivity index (χ1v) is 8.23. The smallest absolute Gasteiger partial charge is 0.412 e. The Kier molecular flexibility index (Phi) is 5.53. The molecule has 0 saturated carbocycles. The fourth-order valence-electron chi connectivity index (χ4n) is 2.93. The van der Waals surface area contributed by atoms with E-state index < -0.39 is 18.3 Å². The Hall–Kier alpha value is -2.57. The molecule has 25 heavy (non-hydrogen) atoms. The van der Waals surface area contributed by atoms with Crippen molar-refractivity contribution in [2.75, 3.05) is 19.0 Å². The number of ether oxygens (including phenoxy) is 2. The predicted molar refractivity (Wildman–Crippen MR) is 94.8 cm³/mol. The second kappa shape index (κ2) is 8.00. The van der Waals surface area contributed by atoms with Crippen LogP contribution >= 0.6 is 0 Å². The molecular formula is C19H22N2O4. The second-order valence-electron chi connectivity index (χ2n) is 6.00. The minimum Gasteiger partial charge on any atom is -0.497 e. The highest BCUT2D eigenvalue weighted by Gasteiger charge is 2.37. The van der Waals surface area contributed by atoms with Crippen LogP contribution in [0, 0.1) is 0 Å². The second-order valence-corrected chi connectivity index (χ2v) is 6.00. The number of hydrogen-bond acceptors (Lipinski definition) is 5. The van der Waals surface area contributed by atoms with Crippen LogP contribution in [0.5, 0.6) is 5.75 Å². The molecule has 6 nitrogen and oxygen atoms in total. The summed E-state index contributed by atoms with van der Waals surface area (Å²) in [4.78, 5) is 12.1. The van der Waals surface area contributed by atoms with Gasteiger partial charge in [-0.1, -0.05) is 30.3 Å². The van der Waals surface area contributed by atoms with Crippen molar-refractivity contribution < 1.29 is 19.4 Å². The molecular weight excluding hydrogens is 320 g/mol. The maximum atomic E-state index is 12.1. The highest BCUT2D eigenvalue weighted by molar-refractivity contribution is 5.84. The molecule has 1 heterocycles. The van der Waals surface area contributed by atoms with Gasteiger partial charge in [-0.15, -0.1) is 0 Å². The quantitative estimate of drug-likeness (QED) is 0.776. The van der Waals surface area contributed by atoms with Crippen LogP contribution in [-0.4, -0.2) is 43.1 Å². The molecule has 0 spiro atoms. The number of rotatable bonds is 5. The van der Waals surface area contributed by atoms with Crippen molar-refractivity contribution in [1.82, 2.24) is 5.32 Å². The van der Waals surface area contributed by atoms with Gasteiger partial charge >= 0.3 is 6.09 Å². The van der Waals surface area contributed by atoms with Crippen molar-refractivity contribution in [2.24, 2.45) is 0 Å². The van der Waals surface area contributed by atoms with E-state index in [4.69, 9.17) is 9.47 Å². The largest absolute Gasteiger partial charge is 0.497 e. The Balaban J connectivity index is 1.60. The Morgan fingerprint density at radius 3 is 2.60 bits per heavy atom. The number of hydrogen-bond donors (Lipinski definition) is 3. The summed E-state index contributed by atoms with van der Waals surface area (Å²) < 4.78 is 10.6. The van der Waals surface area contributed by atoms with Gasteiger partial charge < -0.3 is 19.9 Å². The summed E-state index contributed by atoms with van der Waals surface area (Å²) in [6.07, 6.45) is -1.26. The van der Waals surface area contributed by atoms with Crippen molar-refractivity contribution in [2.45, 2.75) is 24.7 Å². The van der Waals surface area contributed by atoms with Crippen LogP contribution in [0.25, 0.3) is 0 Å². The maximum Gasteiger partial charge on any atom is 0.412 e. The summed E-state index contributed by atoms with van der Waals surface area (Å²) in [5, 5.41) is 16.0. The van der Waals surface area contributed by atoms with Crippen molar-refractivity contribution in [3.63, 3.8) is 0 Å². The van der Waals surface area contributed by atoms with Crippen LogP contribution in [0.2, 0.25) is 0 Å². The zero-order chi connectivity index (χ0) is 17.6. The van der Waals surface area contributed by atoms with Gasteiger partial charge in [0.05, 0.1) is 13.2 Å². The Morgan fingerprint density at radius 1 is 1.20 bits per heavy atom. The third-order valence-corrected chi connectivity index (χ3v) is 4.24. The number of anilines is 1. The fraction of sp³-hybridized carbons (Fsp3) is 0.316. The Labute approximate surface area is 146 Å². The molecule has 3 N–H and O–H groups in total. The molecule has 0 aromatic heterocycles. The van der Waals surface area contributed by atoms with Crippen LogP contribution in [0.15, 0.2) is 54.6 Å². The molecule has 0 bridgehead atoms. The lowest BCUT2D eigenvalue weighted by Crippen LogP contribution is -2.39. The summed E-state index contributed by atoms with van der Waals surface area (Å²) >= 11 is 0. The lowest BCUT2D eigenvalue weighted by atomic mass is 10.0. The molecule has 1 aliphatic heterocycles. The summed E-state index contributed by atoms with van der Waals surface area (Å²) in [7, 11) is 1.62. The third kappa shape index (κ3) is 4.49. The van der Waals surface area contributed by atoms with Gasteiger partial charge in [0.15, 0.2) is 0 Å². The first kappa shape index (κ1) is 17.3. The number of carbonyl (C=O) groups excluding carboxylic acids is 1. The average molecular weight is 342 g/mol. The molecule has 2 aromatic carbocycles. The molecule has 3 rings (SSSR count). The number of benzene rings is 2. The molecule has 3 atom stereocenters. The zero-order valence-corrected chi connectivity index (χ0v) is 14.0. The van der Waals surface area contributed by atoms with Crippen LogP contribution in [0.4, 0.5) is 10.5 Å². The molecule has 2 aromatic rings. The van der Waals surface area contributed by atoms with E-state index >= 15 is 0 Å². The number of methoxy groups -OCH3 is 1. The van der Waals surface area contributed by atoms with Gasteiger partial charge in [0.2, 0.25) is 0 Å². The number of amides is 1. The SMILES string of the molecule is COc1ccc(C[C@H]2NC[C@H](O)[C@H]2OC(=O)Nc2ccccc2)cc1. The van der Waals surface area contributed by atoms with E-state index in [0.29, 0.717) is 18.7 Å². The topological polar surface area (TPSA) is 79.8 Å². The minimum absolute atomic E-state index is 0.148. The van der Waals surface area contributed by atoms with Crippen molar-refractivity contribution in [3.8, 4) is 5.75 Å². The molecule has 0 unspecified atom stereocenters. The van der Waals surface area contributed by atoms with Crippen molar-refractivity contribution in [3.05, 3.63) is 60.2 Å². The highest BCUT2D eigenvalue weighted by atomic mass is 16.6. The number of β-amino-alcohol motifs (C(OH)–C–C–N with tert-alkyl or cyclic N) is 1. The van der Waals surface area contributed by atoms with Crippen LogP contribution in [-0.2, 0) is 11.2 Å². The van der Waals surface area contributed by atoms with Crippen LogP contribution in [0.3, 0.4) is 0 Å². The van der Waals surface area contributed by atoms with Gasteiger partial charge in [-0.3, -0.25) is 5.32 Å². The lowest BCUT2D eigenvalue weighted by molar-refractivity contribution is 0.0255. The molecule has 1 fully saturated rings. The maximum absolute atomic E-state index is 12.1. The van der Waals surface area contributed by atoms with E-state index in [9.17, 15) is 9.90 Å². The minimum atomic E-state index is -0.732. The van der Waals surface area contributed by atoms with Crippen LogP contribution in [0.1, 0.15) is 5.56 Å². The summed E-state index contributed by atoms with van der Waals surface area (Å²) in [5.74, 6) is 0.790. The number of carbonyl (C=O) groups is 1. The molecule has 0 radical (unpaired) electrons. The number of aliphatic hydroxyl groups excluding tert-OH is 1. The molecule has 6 heteroatoms. The lowest BCUT2D eigenvalue weighted by Gasteiger charge is -2.22. The monoisotopic (exact) mass is 342 g/mol. The highest BCUT2D eigenvalue weighted by Crippen LogP contribution is 2.20. The molecule has 1 saturated heterocycles. The van der Waals surface area contributed by atoms with Gasteiger partial charge in [0, 0.05) is 12.2 Å². The molecule has 132 valence electrons. The molecule has 1 amide bonds. The zero-order valence-electron chi connectivity index (χ0n) is 14.0. The van der Waals surface area contributed by atoms with E-state index in [1.54, 1.807) is 19.2 Å². The van der Waals surface area contributed by atoms with Crippen molar-refractivity contribution in [1.29, 1.82) is 0 Å². The predicted octanol–water partition coefficient (Wildman–Crippen LogP) is 2.19.